The summed E-state index contributed by atoms with van der Waals surface area (Å²) in [6.45, 7) is 0. The number of benzene rings is 2. The average Bonchev–Trinajstić information content (AvgIpc) is 2.57. The van der Waals surface area contributed by atoms with Crippen molar-refractivity contribution in [2.75, 3.05) is 5.73 Å². The Kier molecular flexibility index (Phi) is 1.76. The lowest BCUT2D eigenvalue weighted by molar-refractivity contribution is 1.54. The maximum atomic E-state index is 5.84. The molecule has 0 unspecified atom stereocenters. The predicted molar refractivity (Wildman–Crippen MR) is 67.9 cm³/mol. The van der Waals surface area contributed by atoms with Crippen molar-refractivity contribution in [3.05, 3.63) is 40.9 Å². The lowest BCUT2D eigenvalue weighted by Gasteiger charge is -1.97. The Labute approximate surface area is 95.2 Å². The first-order valence-corrected chi connectivity index (χ1v) is 5.50. The fraction of sp³-hybridized carbons (Fsp3) is 0. The summed E-state index contributed by atoms with van der Waals surface area (Å²) in [6.07, 6.45) is 0. The number of fused-ring (bicyclic) bond motifs is 3. The molecule has 0 bridgehead atoms. The van der Waals surface area contributed by atoms with E-state index in [1.807, 2.05) is 18.2 Å². The highest BCUT2D eigenvalue weighted by Gasteiger charge is 2.05. The molecule has 0 atom stereocenters. The number of H-pyrrole nitrogens is 1. The number of hydrogen-bond donors (Lipinski definition) is 2. The highest BCUT2D eigenvalue weighted by molar-refractivity contribution is 9.10. The molecule has 0 aliphatic rings. The second-order valence-corrected chi connectivity index (χ2v) is 4.44. The minimum Gasteiger partial charge on any atom is -0.398 e. The minimum absolute atomic E-state index is 0.758. The molecule has 0 spiro atoms. The predicted octanol–water partition coefficient (Wildman–Crippen LogP) is 3.67. The van der Waals surface area contributed by atoms with Crippen molar-refractivity contribution in [2.24, 2.45) is 0 Å². The van der Waals surface area contributed by atoms with Crippen LogP contribution in [0.4, 0.5) is 5.69 Å². The Morgan fingerprint density at radius 1 is 1.00 bits per heavy atom. The van der Waals surface area contributed by atoms with E-state index in [9.17, 15) is 0 Å². The fourth-order valence-electron chi connectivity index (χ4n) is 1.89. The molecule has 0 aliphatic carbocycles. The molecule has 0 saturated heterocycles. The van der Waals surface area contributed by atoms with Crippen LogP contribution in [0.15, 0.2) is 40.9 Å². The zero-order valence-electron chi connectivity index (χ0n) is 7.92. The maximum absolute atomic E-state index is 5.84. The molecule has 3 N–H and O–H groups in total. The topological polar surface area (TPSA) is 41.8 Å². The first-order valence-electron chi connectivity index (χ1n) is 4.71. The molecule has 0 radical (unpaired) electrons. The number of halogens is 1. The van der Waals surface area contributed by atoms with Gasteiger partial charge in [-0.1, -0.05) is 18.2 Å². The molecule has 15 heavy (non-hydrogen) atoms. The van der Waals surface area contributed by atoms with Crippen molar-refractivity contribution < 1.29 is 0 Å². The summed E-state index contributed by atoms with van der Waals surface area (Å²) in [5.74, 6) is 0. The second kappa shape index (κ2) is 3.00. The second-order valence-electron chi connectivity index (χ2n) is 3.59. The lowest BCUT2D eigenvalue weighted by atomic mass is 10.1. The van der Waals surface area contributed by atoms with E-state index in [-0.39, 0.29) is 0 Å². The minimum atomic E-state index is 0.758. The van der Waals surface area contributed by atoms with Gasteiger partial charge in [-0.2, -0.15) is 0 Å². The summed E-state index contributed by atoms with van der Waals surface area (Å²) in [6, 6.07) is 12.3. The van der Waals surface area contributed by atoms with E-state index < -0.39 is 0 Å². The van der Waals surface area contributed by atoms with Crippen LogP contribution in [0.5, 0.6) is 0 Å². The number of hydrogen-bond acceptors (Lipinski definition) is 1. The van der Waals surface area contributed by atoms with Gasteiger partial charge in [-0.05, 0) is 34.1 Å². The van der Waals surface area contributed by atoms with Crippen molar-refractivity contribution in [1.29, 1.82) is 0 Å². The molecule has 3 heteroatoms. The number of para-hydroxylation sites is 1. The number of aromatic amines is 1. The highest BCUT2D eigenvalue weighted by atomic mass is 79.9. The zero-order valence-corrected chi connectivity index (χ0v) is 9.51. The van der Waals surface area contributed by atoms with Gasteiger partial charge >= 0.3 is 0 Å². The first-order chi connectivity index (χ1) is 7.25. The summed E-state index contributed by atoms with van der Waals surface area (Å²) >= 11 is 3.45. The molecule has 2 aromatic carbocycles. The normalized spacial score (nSPS) is 11.3. The van der Waals surface area contributed by atoms with Crippen molar-refractivity contribution in [3.8, 4) is 0 Å². The van der Waals surface area contributed by atoms with Crippen LogP contribution in [0.2, 0.25) is 0 Å². The van der Waals surface area contributed by atoms with Crippen LogP contribution in [-0.2, 0) is 0 Å². The third-order valence-corrected chi connectivity index (χ3v) is 3.31. The molecule has 3 aromatic rings. The average molecular weight is 261 g/mol. The van der Waals surface area contributed by atoms with Crippen LogP contribution in [-0.4, -0.2) is 4.98 Å². The molecular weight excluding hydrogens is 252 g/mol. The summed E-state index contributed by atoms with van der Waals surface area (Å²) in [5, 5.41) is 2.43. The standard InChI is InChI=1S/C12H9BrN2/c13-9-5-8-7-3-1-2-4-11(7)15-12(8)6-10(9)14/h1-6,15H,14H2. The Morgan fingerprint density at radius 3 is 2.67 bits per heavy atom. The lowest BCUT2D eigenvalue weighted by Crippen LogP contribution is -1.85. The summed E-state index contributed by atoms with van der Waals surface area (Å²) < 4.78 is 0.944. The van der Waals surface area contributed by atoms with Gasteiger partial charge in [0.1, 0.15) is 0 Å². The van der Waals surface area contributed by atoms with E-state index in [2.05, 4.69) is 39.1 Å². The van der Waals surface area contributed by atoms with Gasteiger partial charge in [-0.3, -0.25) is 0 Å². The Bertz CT molecular complexity index is 655. The summed E-state index contributed by atoms with van der Waals surface area (Å²) in [4.78, 5) is 3.35. The van der Waals surface area contributed by atoms with E-state index in [0.29, 0.717) is 0 Å². The molecule has 1 heterocycles. The van der Waals surface area contributed by atoms with Gasteiger partial charge in [0.25, 0.3) is 0 Å². The quantitative estimate of drug-likeness (QED) is 0.596. The van der Waals surface area contributed by atoms with Crippen molar-refractivity contribution in [3.63, 3.8) is 0 Å². The van der Waals surface area contributed by atoms with Gasteiger partial charge in [0.05, 0.1) is 0 Å². The number of nitrogens with two attached hydrogens (primary N) is 1. The Hall–Kier alpha value is -1.48. The number of rotatable bonds is 0. The van der Waals surface area contributed by atoms with Crippen LogP contribution in [0.1, 0.15) is 0 Å². The molecule has 0 aliphatic heterocycles. The van der Waals surface area contributed by atoms with E-state index >= 15 is 0 Å². The molecule has 0 fully saturated rings. The monoisotopic (exact) mass is 260 g/mol. The Balaban J connectivity index is 2.56. The summed E-state index contributed by atoms with van der Waals surface area (Å²) in [7, 11) is 0. The van der Waals surface area contributed by atoms with Gasteiger partial charge < -0.3 is 10.7 Å². The van der Waals surface area contributed by atoms with Crippen LogP contribution in [0, 0.1) is 0 Å². The molecule has 74 valence electrons. The molecule has 1 aromatic heterocycles. The van der Waals surface area contributed by atoms with Crippen LogP contribution >= 0.6 is 15.9 Å². The zero-order chi connectivity index (χ0) is 10.4. The van der Waals surface area contributed by atoms with E-state index in [4.69, 9.17) is 5.73 Å². The largest absolute Gasteiger partial charge is 0.398 e. The van der Waals surface area contributed by atoms with Gasteiger partial charge in [0.2, 0.25) is 0 Å². The third kappa shape index (κ3) is 1.23. The maximum Gasteiger partial charge on any atom is 0.0486 e. The Morgan fingerprint density at radius 2 is 1.80 bits per heavy atom. The van der Waals surface area contributed by atoms with Gasteiger partial charge in [0.15, 0.2) is 0 Å². The number of anilines is 1. The van der Waals surface area contributed by atoms with E-state index in [0.717, 1.165) is 21.2 Å². The smallest absolute Gasteiger partial charge is 0.0486 e. The first kappa shape index (κ1) is 8.80. The summed E-state index contributed by atoms with van der Waals surface area (Å²) in [5.41, 5.74) is 8.82. The van der Waals surface area contributed by atoms with Gasteiger partial charge in [-0.25, -0.2) is 0 Å². The third-order valence-electron chi connectivity index (χ3n) is 2.62. The van der Waals surface area contributed by atoms with Crippen molar-refractivity contribution >= 4 is 43.4 Å². The number of nitrogens with one attached hydrogen (secondary N) is 1. The molecule has 2 nitrogen and oxygen atoms in total. The van der Waals surface area contributed by atoms with Crippen LogP contribution < -0.4 is 5.73 Å². The molecular formula is C12H9BrN2. The number of nitrogen functional groups attached to an aromatic ring is 1. The van der Waals surface area contributed by atoms with Crippen molar-refractivity contribution in [1.82, 2.24) is 4.98 Å². The van der Waals surface area contributed by atoms with Crippen molar-refractivity contribution in [2.45, 2.75) is 0 Å². The molecule has 0 amide bonds. The number of aromatic nitrogens is 1. The van der Waals surface area contributed by atoms with Crippen LogP contribution in [0.25, 0.3) is 21.8 Å². The van der Waals surface area contributed by atoms with E-state index in [1.54, 1.807) is 0 Å². The fourth-order valence-corrected chi connectivity index (χ4v) is 2.23. The van der Waals surface area contributed by atoms with Crippen LogP contribution in [0.3, 0.4) is 0 Å². The SMILES string of the molecule is Nc1cc2[nH]c3ccccc3c2cc1Br. The molecule has 3 rings (SSSR count). The van der Waals surface area contributed by atoms with Gasteiger partial charge in [0, 0.05) is 32.0 Å². The van der Waals surface area contributed by atoms with E-state index in [1.165, 1.54) is 10.8 Å². The highest BCUT2D eigenvalue weighted by Crippen LogP contribution is 2.31. The van der Waals surface area contributed by atoms with Gasteiger partial charge in [-0.15, -0.1) is 0 Å². The molecule has 0 saturated carbocycles.